The SMILES string of the molecule is Cc1nc(C(C)Cc2nc(N)nc(N)n2)c[nH]1. The molecule has 0 aliphatic carbocycles. The fourth-order valence-corrected chi connectivity index (χ4v) is 1.62. The van der Waals surface area contributed by atoms with Crippen molar-refractivity contribution in [3.63, 3.8) is 0 Å². The molecule has 7 heteroatoms. The van der Waals surface area contributed by atoms with Gasteiger partial charge in [0.25, 0.3) is 0 Å². The molecule has 0 saturated heterocycles. The van der Waals surface area contributed by atoms with Gasteiger partial charge in [-0.2, -0.15) is 15.0 Å². The maximum absolute atomic E-state index is 5.51. The Morgan fingerprint density at radius 3 is 2.35 bits per heavy atom. The van der Waals surface area contributed by atoms with E-state index < -0.39 is 0 Å². The van der Waals surface area contributed by atoms with Crippen molar-refractivity contribution >= 4 is 11.9 Å². The summed E-state index contributed by atoms with van der Waals surface area (Å²) < 4.78 is 0. The molecule has 0 amide bonds. The van der Waals surface area contributed by atoms with Crippen LogP contribution in [0.4, 0.5) is 11.9 Å². The number of hydrogen-bond acceptors (Lipinski definition) is 6. The first-order chi connectivity index (χ1) is 8.04. The first-order valence-corrected chi connectivity index (χ1v) is 5.32. The lowest BCUT2D eigenvalue weighted by Gasteiger charge is -2.07. The van der Waals surface area contributed by atoms with E-state index in [0.29, 0.717) is 12.2 Å². The fourth-order valence-electron chi connectivity index (χ4n) is 1.62. The van der Waals surface area contributed by atoms with Gasteiger partial charge in [0.1, 0.15) is 11.6 Å². The van der Waals surface area contributed by atoms with Crippen molar-refractivity contribution in [2.24, 2.45) is 0 Å². The van der Waals surface area contributed by atoms with E-state index in [2.05, 4.69) is 24.9 Å². The minimum absolute atomic E-state index is 0.151. The Bertz CT molecular complexity index is 499. The van der Waals surface area contributed by atoms with E-state index in [4.69, 9.17) is 11.5 Å². The van der Waals surface area contributed by atoms with Gasteiger partial charge in [0.2, 0.25) is 11.9 Å². The third kappa shape index (κ3) is 2.68. The highest BCUT2D eigenvalue weighted by atomic mass is 15.1. The van der Waals surface area contributed by atoms with Gasteiger partial charge in [-0.15, -0.1) is 0 Å². The van der Waals surface area contributed by atoms with Crippen LogP contribution in [0.25, 0.3) is 0 Å². The molecule has 17 heavy (non-hydrogen) atoms. The molecule has 5 N–H and O–H groups in total. The van der Waals surface area contributed by atoms with Gasteiger partial charge in [0.15, 0.2) is 0 Å². The number of nitrogen functional groups attached to an aromatic ring is 2. The van der Waals surface area contributed by atoms with Crippen LogP contribution in [0.1, 0.15) is 30.2 Å². The largest absolute Gasteiger partial charge is 0.368 e. The standard InChI is InChI=1S/C10H15N7/c1-5(7-4-13-6(2)14-7)3-8-15-9(11)17-10(12)16-8/h4-5H,3H2,1-2H3,(H,13,14)(H4,11,12,15,16,17). The van der Waals surface area contributed by atoms with Crippen LogP contribution >= 0.6 is 0 Å². The summed E-state index contributed by atoms with van der Waals surface area (Å²) in [6, 6.07) is 0. The summed E-state index contributed by atoms with van der Waals surface area (Å²) in [4.78, 5) is 19.2. The predicted octanol–water partition coefficient (Wildman–Crippen LogP) is 0.414. The number of anilines is 2. The van der Waals surface area contributed by atoms with Crippen molar-refractivity contribution in [1.29, 1.82) is 0 Å². The quantitative estimate of drug-likeness (QED) is 0.706. The number of aromatic nitrogens is 5. The molecular weight excluding hydrogens is 218 g/mol. The molecule has 0 radical (unpaired) electrons. The third-order valence-corrected chi connectivity index (χ3v) is 2.44. The molecule has 0 fully saturated rings. The molecule has 2 aromatic rings. The molecule has 90 valence electrons. The van der Waals surface area contributed by atoms with E-state index in [-0.39, 0.29) is 17.8 Å². The maximum atomic E-state index is 5.51. The summed E-state index contributed by atoms with van der Waals surface area (Å²) in [5.41, 5.74) is 12.0. The highest BCUT2D eigenvalue weighted by molar-refractivity contribution is 5.26. The zero-order valence-corrected chi connectivity index (χ0v) is 9.81. The Morgan fingerprint density at radius 2 is 1.82 bits per heavy atom. The highest BCUT2D eigenvalue weighted by Crippen LogP contribution is 2.17. The van der Waals surface area contributed by atoms with E-state index in [1.807, 2.05) is 20.0 Å². The van der Waals surface area contributed by atoms with Gasteiger partial charge in [-0.25, -0.2) is 4.98 Å². The molecule has 2 aromatic heterocycles. The van der Waals surface area contributed by atoms with Crippen LogP contribution < -0.4 is 11.5 Å². The van der Waals surface area contributed by atoms with Gasteiger partial charge in [0, 0.05) is 18.5 Å². The smallest absolute Gasteiger partial charge is 0.225 e. The van der Waals surface area contributed by atoms with Crippen molar-refractivity contribution in [3.8, 4) is 0 Å². The second kappa shape index (κ2) is 4.36. The second-order valence-electron chi connectivity index (χ2n) is 3.98. The Morgan fingerprint density at radius 1 is 1.18 bits per heavy atom. The normalized spacial score (nSPS) is 12.6. The van der Waals surface area contributed by atoms with Crippen molar-refractivity contribution in [3.05, 3.63) is 23.5 Å². The van der Waals surface area contributed by atoms with Crippen LogP contribution in [-0.2, 0) is 6.42 Å². The topological polar surface area (TPSA) is 119 Å². The second-order valence-corrected chi connectivity index (χ2v) is 3.98. The highest BCUT2D eigenvalue weighted by Gasteiger charge is 2.12. The molecule has 0 aliphatic rings. The molecule has 1 atom stereocenters. The zero-order chi connectivity index (χ0) is 12.4. The van der Waals surface area contributed by atoms with Gasteiger partial charge in [-0.3, -0.25) is 0 Å². The van der Waals surface area contributed by atoms with Gasteiger partial charge in [0.05, 0.1) is 5.69 Å². The maximum Gasteiger partial charge on any atom is 0.225 e. The summed E-state index contributed by atoms with van der Waals surface area (Å²) in [6.45, 7) is 3.96. The van der Waals surface area contributed by atoms with Gasteiger partial charge in [-0.05, 0) is 6.92 Å². The molecule has 7 nitrogen and oxygen atoms in total. The van der Waals surface area contributed by atoms with Crippen molar-refractivity contribution in [2.45, 2.75) is 26.2 Å². The first-order valence-electron chi connectivity index (χ1n) is 5.32. The molecule has 2 heterocycles. The lowest BCUT2D eigenvalue weighted by molar-refractivity contribution is 0.697. The number of H-pyrrole nitrogens is 1. The van der Waals surface area contributed by atoms with Crippen molar-refractivity contribution in [1.82, 2.24) is 24.9 Å². The predicted molar refractivity (Wildman–Crippen MR) is 64.1 cm³/mol. The molecule has 0 spiro atoms. The lowest BCUT2D eigenvalue weighted by Crippen LogP contribution is -2.09. The Kier molecular flexibility index (Phi) is 2.90. The van der Waals surface area contributed by atoms with Crippen LogP contribution in [0.5, 0.6) is 0 Å². The van der Waals surface area contributed by atoms with Crippen molar-refractivity contribution < 1.29 is 0 Å². The summed E-state index contributed by atoms with van der Waals surface area (Å²) in [6.07, 6.45) is 2.51. The number of aromatic amines is 1. The fraction of sp³-hybridized carbons (Fsp3) is 0.400. The van der Waals surface area contributed by atoms with E-state index in [0.717, 1.165) is 11.5 Å². The number of rotatable bonds is 3. The Hall–Kier alpha value is -2.18. The van der Waals surface area contributed by atoms with Crippen molar-refractivity contribution in [2.75, 3.05) is 11.5 Å². The molecule has 2 rings (SSSR count). The molecule has 0 bridgehead atoms. The molecule has 1 unspecified atom stereocenters. The number of hydrogen-bond donors (Lipinski definition) is 3. The summed E-state index contributed by atoms with van der Waals surface area (Å²) in [5.74, 6) is 1.97. The van der Waals surface area contributed by atoms with Crippen LogP contribution in [0.2, 0.25) is 0 Å². The number of nitrogens with zero attached hydrogens (tertiary/aromatic N) is 4. The van der Waals surface area contributed by atoms with Crippen LogP contribution in [-0.4, -0.2) is 24.9 Å². The van der Waals surface area contributed by atoms with Crippen LogP contribution in [0.15, 0.2) is 6.20 Å². The summed E-state index contributed by atoms with van der Waals surface area (Å²) in [7, 11) is 0. The number of nitrogens with one attached hydrogen (secondary N) is 1. The molecule has 0 aliphatic heterocycles. The lowest BCUT2D eigenvalue weighted by atomic mass is 10.0. The summed E-state index contributed by atoms with van der Waals surface area (Å²) in [5, 5.41) is 0. The Balaban J connectivity index is 2.15. The minimum atomic E-state index is 0.151. The molecular formula is C10H15N7. The average molecular weight is 233 g/mol. The Labute approximate surface area is 98.7 Å². The van der Waals surface area contributed by atoms with Gasteiger partial charge in [-0.1, -0.05) is 6.92 Å². The van der Waals surface area contributed by atoms with Gasteiger partial charge < -0.3 is 16.5 Å². The van der Waals surface area contributed by atoms with E-state index in [9.17, 15) is 0 Å². The van der Waals surface area contributed by atoms with E-state index in [1.54, 1.807) is 0 Å². The number of imidazole rings is 1. The minimum Gasteiger partial charge on any atom is -0.368 e. The summed E-state index contributed by atoms with van der Waals surface area (Å²) >= 11 is 0. The first kappa shape index (κ1) is 11.3. The number of nitrogens with two attached hydrogens (primary N) is 2. The average Bonchev–Trinajstić information content (AvgIpc) is 2.63. The monoisotopic (exact) mass is 233 g/mol. The van der Waals surface area contributed by atoms with Gasteiger partial charge >= 0.3 is 0 Å². The van der Waals surface area contributed by atoms with E-state index >= 15 is 0 Å². The van der Waals surface area contributed by atoms with Crippen LogP contribution in [0, 0.1) is 6.92 Å². The third-order valence-electron chi connectivity index (χ3n) is 2.44. The van der Waals surface area contributed by atoms with Crippen LogP contribution in [0.3, 0.4) is 0 Å². The zero-order valence-electron chi connectivity index (χ0n) is 9.81. The number of aryl methyl sites for hydroxylation is 1. The van der Waals surface area contributed by atoms with E-state index in [1.165, 1.54) is 0 Å². The molecule has 0 aromatic carbocycles. The molecule has 0 saturated carbocycles.